The van der Waals surface area contributed by atoms with Crippen molar-refractivity contribution in [3.8, 4) is 46.3 Å². The molecule has 0 fully saturated rings. The van der Waals surface area contributed by atoms with E-state index in [-0.39, 0.29) is 0 Å². The van der Waals surface area contributed by atoms with Gasteiger partial charge >= 0.3 is 0 Å². The molecule has 6 aromatic rings. The van der Waals surface area contributed by atoms with Gasteiger partial charge in [0.2, 0.25) is 0 Å². The summed E-state index contributed by atoms with van der Waals surface area (Å²) >= 11 is 0. The van der Waals surface area contributed by atoms with Crippen molar-refractivity contribution in [1.82, 2.24) is 0 Å². The first-order chi connectivity index (χ1) is 19.8. The molecule has 0 atom stereocenters. The van der Waals surface area contributed by atoms with Crippen LogP contribution in [0, 0.1) is 23.7 Å². The lowest BCUT2D eigenvalue weighted by Gasteiger charge is -2.18. The van der Waals surface area contributed by atoms with E-state index in [1.165, 1.54) is 0 Å². The maximum Gasteiger partial charge on any atom is 0.127 e. The van der Waals surface area contributed by atoms with Crippen molar-refractivity contribution in [2.24, 2.45) is 0 Å². The van der Waals surface area contributed by atoms with Crippen LogP contribution in [0.3, 0.4) is 0 Å². The monoisotopic (exact) mass is 514 g/mol. The molecule has 2 nitrogen and oxygen atoms in total. The SMILES string of the molecule is COc1ccc2c(C#Cc3ccccc3)cccc2c1-c1c(OC)ccc2c(C#Cc3ccccc3)cccc12. The minimum absolute atomic E-state index is 0.771. The Morgan fingerprint density at radius 1 is 0.375 bits per heavy atom. The van der Waals surface area contributed by atoms with Crippen molar-refractivity contribution >= 4 is 21.5 Å². The lowest BCUT2D eigenvalue weighted by atomic mass is 9.90. The molecule has 2 heteroatoms. The molecule has 0 aliphatic heterocycles. The van der Waals surface area contributed by atoms with Gasteiger partial charge in [-0.2, -0.15) is 0 Å². The standard InChI is InChI=1S/C38H26O2/c1-39-35-25-23-31-29(21-19-27-11-5-3-6-12-27)15-9-17-33(31)37(35)38-34-18-10-16-30(32(34)24-26-36(38)40-2)22-20-28-13-7-4-8-14-28/h3-18,23-26H,1-2H3. The third kappa shape index (κ3) is 4.76. The first kappa shape index (κ1) is 24.9. The van der Waals surface area contributed by atoms with Gasteiger partial charge < -0.3 is 9.47 Å². The molecule has 0 aliphatic rings. The molecular formula is C38H26O2. The molecule has 0 saturated carbocycles. The summed E-state index contributed by atoms with van der Waals surface area (Å²) in [6.07, 6.45) is 0. The zero-order valence-corrected chi connectivity index (χ0v) is 22.4. The predicted octanol–water partition coefficient (Wildman–Crippen LogP) is 8.48. The highest BCUT2D eigenvalue weighted by atomic mass is 16.5. The van der Waals surface area contributed by atoms with Crippen LogP contribution in [-0.4, -0.2) is 14.2 Å². The molecule has 0 aromatic heterocycles. The summed E-state index contributed by atoms with van der Waals surface area (Å²) in [5.74, 6) is 14.9. The minimum atomic E-state index is 0.771. The summed E-state index contributed by atoms with van der Waals surface area (Å²) in [5.41, 5.74) is 5.82. The summed E-state index contributed by atoms with van der Waals surface area (Å²) in [6.45, 7) is 0. The van der Waals surface area contributed by atoms with Crippen LogP contribution in [0.2, 0.25) is 0 Å². The zero-order valence-electron chi connectivity index (χ0n) is 22.4. The molecule has 0 saturated heterocycles. The largest absolute Gasteiger partial charge is 0.496 e. The Labute approximate surface area is 234 Å². The van der Waals surface area contributed by atoms with Crippen LogP contribution in [0.1, 0.15) is 22.3 Å². The Morgan fingerprint density at radius 3 is 1.20 bits per heavy atom. The second-order valence-corrected chi connectivity index (χ2v) is 9.32. The summed E-state index contributed by atoms with van der Waals surface area (Å²) in [4.78, 5) is 0. The highest BCUT2D eigenvalue weighted by molar-refractivity contribution is 6.11. The van der Waals surface area contributed by atoms with Crippen LogP contribution in [0.5, 0.6) is 11.5 Å². The van der Waals surface area contributed by atoms with Gasteiger partial charge in [0.05, 0.1) is 14.2 Å². The summed E-state index contributed by atoms with van der Waals surface area (Å²) < 4.78 is 11.9. The molecule has 190 valence electrons. The second kappa shape index (κ2) is 11.1. The molecule has 0 unspecified atom stereocenters. The van der Waals surface area contributed by atoms with Gasteiger partial charge in [0, 0.05) is 33.4 Å². The van der Waals surface area contributed by atoms with E-state index in [1.54, 1.807) is 14.2 Å². The van der Waals surface area contributed by atoms with Crippen molar-refractivity contribution in [2.45, 2.75) is 0 Å². The van der Waals surface area contributed by atoms with Crippen molar-refractivity contribution < 1.29 is 9.47 Å². The molecule has 6 rings (SSSR count). The van der Waals surface area contributed by atoms with E-state index in [9.17, 15) is 0 Å². The van der Waals surface area contributed by atoms with Gasteiger partial charge in [0.15, 0.2) is 0 Å². The lowest BCUT2D eigenvalue weighted by Crippen LogP contribution is -1.96. The first-order valence-corrected chi connectivity index (χ1v) is 13.1. The fourth-order valence-corrected chi connectivity index (χ4v) is 5.07. The number of rotatable bonds is 3. The molecule has 40 heavy (non-hydrogen) atoms. The van der Waals surface area contributed by atoms with E-state index in [0.29, 0.717) is 0 Å². The quantitative estimate of drug-likeness (QED) is 0.221. The Kier molecular flexibility index (Phi) is 6.92. The summed E-state index contributed by atoms with van der Waals surface area (Å²) in [6, 6.07) is 40.8. The highest BCUT2D eigenvalue weighted by Crippen LogP contribution is 2.46. The van der Waals surface area contributed by atoms with Crippen LogP contribution < -0.4 is 9.47 Å². The first-order valence-electron chi connectivity index (χ1n) is 13.1. The molecule has 0 N–H and O–H groups in total. The molecule has 6 aromatic carbocycles. The van der Waals surface area contributed by atoms with Gasteiger partial charge in [-0.15, -0.1) is 0 Å². The van der Waals surface area contributed by atoms with E-state index in [4.69, 9.17) is 9.47 Å². The van der Waals surface area contributed by atoms with Gasteiger partial charge in [0.1, 0.15) is 11.5 Å². The average molecular weight is 515 g/mol. The molecular weight excluding hydrogens is 488 g/mol. The Bertz CT molecular complexity index is 1820. The van der Waals surface area contributed by atoms with E-state index in [2.05, 4.69) is 72.2 Å². The summed E-state index contributed by atoms with van der Waals surface area (Å²) in [5, 5.41) is 4.21. The number of methoxy groups -OCH3 is 2. The number of benzene rings is 6. The van der Waals surface area contributed by atoms with Crippen molar-refractivity contribution in [2.75, 3.05) is 14.2 Å². The van der Waals surface area contributed by atoms with Gasteiger partial charge in [-0.3, -0.25) is 0 Å². The number of ether oxygens (including phenoxy) is 2. The second-order valence-electron chi connectivity index (χ2n) is 9.32. The molecule has 0 aliphatic carbocycles. The molecule has 0 heterocycles. The molecule has 0 amide bonds. The Hall–Kier alpha value is -5.44. The molecule has 0 radical (unpaired) electrons. The fraction of sp³-hybridized carbons (Fsp3) is 0.0526. The average Bonchev–Trinajstić information content (AvgIpc) is 3.02. The van der Waals surface area contributed by atoms with E-state index in [1.807, 2.05) is 72.8 Å². The van der Waals surface area contributed by atoms with Gasteiger partial charge in [-0.25, -0.2) is 0 Å². The van der Waals surface area contributed by atoms with Crippen LogP contribution in [0.15, 0.2) is 121 Å². The number of fused-ring (bicyclic) bond motifs is 2. The minimum Gasteiger partial charge on any atom is -0.496 e. The van der Waals surface area contributed by atoms with Crippen LogP contribution >= 0.6 is 0 Å². The van der Waals surface area contributed by atoms with Crippen molar-refractivity contribution in [1.29, 1.82) is 0 Å². The smallest absolute Gasteiger partial charge is 0.127 e. The topological polar surface area (TPSA) is 18.5 Å². The third-order valence-corrected chi connectivity index (χ3v) is 6.97. The Morgan fingerprint density at radius 2 is 0.800 bits per heavy atom. The lowest BCUT2D eigenvalue weighted by molar-refractivity contribution is 0.411. The van der Waals surface area contributed by atoms with Crippen LogP contribution in [-0.2, 0) is 0 Å². The molecule has 0 bridgehead atoms. The van der Waals surface area contributed by atoms with Gasteiger partial charge in [-0.1, -0.05) is 84.3 Å². The predicted molar refractivity (Wildman–Crippen MR) is 165 cm³/mol. The third-order valence-electron chi connectivity index (χ3n) is 6.97. The van der Waals surface area contributed by atoms with Crippen molar-refractivity contribution in [3.63, 3.8) is 0 Å². The zero-order chi connectivity index (χ0) is 27.3. The van der Waals surface area contributed by atoms with Gasteiger partial charge in [-0.05, 0) is 82.2 Å². The highest BCUT2D eigenvalue weighted by Gasteiger charge is 2.19. The van der Waals surface area contributed by atoms with E-state index < -0.39 is 0 Å². The molecule has 0 spiro atoms. The van der Waals surface area contributed by atoms with Crippen LogP contribution in [0.25, 0.3) is 32.7 Å². The van der Waals surface area contributed by atoms with Gasteiger partial charge in [0.25, 0.3) is 0 Å². The number of hydrogen-bond donors (Lipinski definition) is 0. The van der Waals surface area contributed by atoms with Crippen LogP contribution in [0.4, 0.5) is 0 Å². The Balaban J connectivity index is 1.60. The number of hydrogen-bond acceptors (Lipinski definition) is 2. The summed E-state index contributed by atoms with van der Waals surface area (Å²) in [7, 11) is 3.41. The van der Waals surface area contributed by atoms with E-state index in [0.717, 1.165) is 66.4 Å². The van der Waals surface area contributed by atoms with Crippen molar-refractivity contribution in [3.05, 3.63) is 144 Å². The fourth-order valence-electron chi connectivity index (χ4n) is 5.07. The maximum atomic E-state index is 5.94. The normalized spacial score (nSPS) is 10.3. The van der Waals surface area contributed by atoms with E-state index >= 15 is 0 Å². The maximum absolute atomic E-state index is 5.94.